The number of nitrogens with zero attached hydrogens (tertiary/aromatic N) is 3. The van der Waals surface area contributed by atoms with Crippen LogP contribution in [0.5, 0.6) is 0 Å². The van der Waals surface area contributed by atoms with Gasteiger partial charge in [-0.1, -0.05) is 12.1 Å². The van der Waals surface area contributed by atoms with Gasteiger partial charge < -0.3 is 14.3 Å². The maximum absolute atomic E-state index is 12.5. The van der Waals surface area contributed by atoms with E-state index in [1.807, 2.05) is 19.1 Å². The van der Waals surface area contributed by atoms with E-state index in [2.05, 4.69) is 20.4 Å². The Hall–Kier alpha value is -3.48. The number of nitrogens with one attached hydrogen (secondary N) is 1. The zero-order chi connectivity index (χ0) is 17.9. The lowest BCUT2D eigenvalue weighted by Crippen LogP contribution is -2.22. The third-order valence-electron chi connectivity index (χ3n) is 4.03. The fourth-order valence-electron chi connectivity index (χ4n) is 2.63. The molecule has 7 heteroatoms. The number of oxazole rings is 1. The second-order valence-electron chi connectivity index (χ2n) is 5.76. The van der Waals surface area contributed by atoms with Crippen molar-refractivity contribution >= 4 is 16.9 Å². The number of carbonyl (C=O) groups excluding carboxylic acids is 1. The largest absolute Gasteiger partial charge is 0.448 e. The first-order valence-electron chi connectivity index (χ1n) is 8.26. The third kappa shape index (κ3) is 3.06. The highest BCUT2D eigenvalue weighted by atomic mass is 16.5. The van der Waals surface area contributed by atoms with Gasteiger partial charge in [-0.25, -0.2) is 4.98 Å². The summed E-state index contributed by atoms with van der Waals surface area (Å²) in [6.45, 7) is 2.39. The SMILES string of the molecule is CCc1nc(-c2noc3ccc(C(=O)NCc4ccncc4)cc23)co1. The summed E-state index contributed by atoms with van der Waals surface area (Å²) in [7, 11) is 0. The van der Waals surface area contributed by atoms with Crippen LogP contribution in [0.4, 0.5) is 0 Å². The smallest absolute Gasteiger partial charge is 0.251 e. The summed E-state index contributed by atoms with van der Waals surface area (Å²) in [5, 5.41) is 7.68. The van der Waals surface area contributed by atoms with E-state index in [4.69, 9.17) is 8.94 Å². The van der Waals surface area contributed by atoms with Gasteiger partial charge in [0, 0.05) is 30.9 Å². The summed E-state index contributed by atoms with van der Waals surface area (Å²) in [5.41, 5.74) is 3.25. The van der Waals surface area contributed by atoms with Crippen molar-refractivity contribution in [3.63, 3.8) is 0 Å². The quantitative estimate of drug-likeness (QED) is 0.594. The minimum atomic E-state index is -0.176. The van der Waals surface area contributed by atoms with Crippen LogP contribution < -0.4 is 5.32 Å². The van der Waals surface area contributed by atoms with Crippen LogP contribution in [0.2, 0.25) is 0 Å². The van der Waals surface area contributed by atoms with Gasteiger partial charge in [-0.15, -0.1) is 0 Å². The number of aryl methyl sites for hydroxylation is 1. The van der Waals surface area contributed by atoms with E-state index >= 15 is 0 Å². The second-order valence-corrected chi connectivity index (χ2v) is 5.76. The van der Waals surface area contributed by atoms with E-state index in [0.717, 1.165) is 10.9 Å². The number of benzene rings is 1. The Balaban J connectivity index is 1.60. The highest BCUT2D eigenvalue weighted by molar-refractivity contribution is 6.00. The lowest BCUT2D eigenvalue weighted by atomic mass is 10.1. The molecule has 0 aliphatic heterocycles. The first-order valence-corrected chi connectivity index (χ1v) is 8.26. The van der Waals surface area contributed by atoms with E-state index in [9.17, 15) is 4.79 Å². The average molecular weight is 348 g/mol. The zero-order valence-corrected chi connectivity index (χ0v) is 14.1. The number of hydrogen-bond acceptors (Lipinski definition) is 6. The van der Waals surface area contributed by atoms with Crippen LogP contribution in [0.25, 0.3) is 22.4 Å². The molecular formula is C19H16N4O3. The molecule has 0 unspecified atom stereocenters. The van der Waals surface area contributed by atoms with E-state index in [1.54, 1.807) is 36.9 Å². The zero-order valence-electron chi connectivity index (χ0n) is 14.1. The molecule has 1 amide bonds. The second kappa shape index (κ2) is 6.79. The maximum Gasteiger partial charge on any atom is 0.251 e. The van der Waals surface area contributed by atoms with Gasteiger partial charge in [0.15, 0.2) is 11.5 Å². The van der Waals surface area contributed by atoms with E-state index in [-0.39, 0.29) is 5.91 Å². The van der Waals surface area contributed by atoms with E-state index in [0.29, 0.717) is 41.4 Å². The van der Waals surface area contributed by atoms with Crippen LogP contribution in [0.15, 0.2) is 57.9 Å². The molecule has 1 N–H and O–H groups in total. The van der Waals surface area contributed by atoms with Gasteiger partial charge in [-0.3, -0.25) is 9.78 Å². The molecule has 0 radical (unpaired) electrons. The summed E-state index contributed by atoms with van der Waals surface area (Å²) in [4.78, 5) is 20.8. The van der Waals surface area contributed by atoms with E-state index < -0.39 is 0 Å². The Morgan fingerprint density at radius 2 is 2.04 bits per heavy atom. The minimum absolute atomic E-state index is 0.176. The van der Waals surface area contributed by atoms with Gasteiger partial charge in [0.2, 0.25) is 0 Å². The van der Waals surface area contributed by atoms with Gasteiger partial charge in [0.05, 0.1) is 5.39 Å². The molecule has 0 saturated carbocycles. The Bertz CT molecular complexity index is 1050. The summed E-state index contributed by atoms with van der Waals surface area (Å²) < 4.78 is 10.7. The molecule has 3 aromatic heterocycles. The van der Waals surface area contributed by atoms with Gasteiger partial charge in [-0.2, -0.15) is 0 Å². The van der Waals surface area contributed by atoms with Crippen molar-refractivity contribution in [2.75, 3.05) is 0 Å². The number of pyridine rings is 1. The molecule has 0 atom stereocenters. The van der Waals surface area contributed by atoms with Crippen LogP contribution in [0.3, 0.4) is 0 Å². The Labute approximate surface area is 149 Å². The van der Waals surface area contributed by atoms with Crippen LogP contribution in [-0.2, 0) is 13.0 Å². The van der Waals surface area contributed by atoms with E-state index in [1.165, 1.54) is 0 Å². The molecule has 0 bridgehead atoms. The van der Waals surface area contributed by atoms with Crippen molar-refractivity contribution in [1.82, 2.24) is 20.4 Å². The molecule has 1 aromatic carbocycles. The predicted molar refractivity (Wildman–Crippen MR) is 94.3 cm³/mol. The maximum atomic E-state index is 12.5. The molecule has 0 spiro atoms. The average Bonchev–Trinajstić information content (AvgIpc) is 3.32. The molecule has 0 aliphatic carbocycles. The molecule has 0 fully saturated rings. The molecule has 130 valence electrons. The van der Waals surface area contributed by atoms with Crippen molar-refractivity contribution in [1.29, 1.82) is 0 Å². The summed E-state index contributed by atoms with van der Waals surface area (Å²) in [6, 6.07) is 8.91. The Kier molecular flexibility index (Phi) is 4.18. The molecular weight excluding hydrogens is 332 g/mol. The molecule has 0 saturated heterocycles. The highest BCUT2D eigenvalue weighted by Gasteiger charge is 2.16. The summed E-state index contributed by atoms with van der Waals surface area (Å²) in [6.07, 6.45) is 5.63. The van der Waals surface area contributed by atoms with Crippen LogP contribution in [0.1, 0.15) is 28.7 Å². The van der Waals surface area contributed by atoms with Crippen LogP contribution in [0, 0.1) is 0 Å². The van der Waals surface area contributed by atoms with Crippen molar-refractivity contribution in [3.05, 3.63) is 66.0 Å². The van der Waals surface area contributed by atoms with Crippen LogP contribution in [-0.4, -0.2) is 21.0 Å². The molecule has 0 aliphatic rings. The monoisotopic (exact) mass is 348 g/mol. The standard InChI is InChI=1S/C19H16N4O3/c1-2-17-22-15(11-25-17)18-14-9-13(3-4-16(14)26-23-18)19(24)21-10-12-5-7-20-8-6-12/h3-9,11H,2,10H2,1H3,(H,21,24). The molecule has 4 rings (SSSR count). The van der Waals surface area contributed by atoms with Gasteiger partial charge in [0.25, 0.3) is 5.91 Å². The number of aromatic nitrogens is 3. The number of fused-ring (bicyclic) bond motifs is 1. The molecule has 4 aromatic rings. The summed E-state index contributed by atoms with van der Waals surface area (Å²) >= 11 is 0. The predicted octanol–water partition coefficient (Wildman–Crippen LogP) is 3.37. The number of rotatable bonds is 5. The molecule has 7 nitrogen and oxygen atoms in total. The van der Waals surface area contributed by atoms with Gasteiger partial charge in [0.1, 0.15) is 17.7 Å². The number of amides is 1. The normalized spacial score (nSPS) is 11.0. The first-order chi connectivity index (χ1) is 12.7. The summed E-state index contributed by atoms with van der Waals surface area (Å²) in [5.74, 6) is 0.452. The fourth-order valence-corrected chi connectivity index (χ4v) is 2.63. The van der Waals surface area contributed by atoms with Crippen LogP contribution >= 0.6 is 0 Å². The molecule has 26 heavy (non-hydrogen) atoms. The highest BCUT2D eigenvalue weighted by Crippen LogP contribution is 2.28. The Morgan fingerprint density at radius 3 is 2.81 bits per heavy atom. The van der Waals surface area contributed by atoms with Crippen molar-refractivity contribution < 1.29 is 13.7 Å². The number of hydrogen-bond donors (Lipinski definition) is 1. The topological polar surface area (TPSA) is 94.0 Å². The first kappa shape index (κ1) is 16.0. The van der Waals surface area contributed by atoms with Crippen molar-refractivity contribution in [2.45, 2.75) is 19.9 Å². The lowest BCUT2D eigenvalue weighted by Gasteiger charge is -2.05. The van der Waals surface area contributed by atoms with Crippen molar-refractivity contribution in [3.8, 4) is 11.4 Å². The molecule has 3 heterocycles. The van der Waals surface area contributed by atoms with Gasteiger partial charge >= 0.3 is 0 Å². The Morgan fingerprint density at radius 1 is 1.19 bits per heavy atom. The third-order valence-corrected chi connectivity index (χ3v) is 4.03. The number of carbonyl (C=O) groups is 1. The lowest BCUT2D eigenvalue weighted by molar-refractivity contribution is 0.0951. The van der Waals surface area contributed by atoms with Gasteiger partial charge in [-0.05, 0) is 35.9 Å². The fraction of sp³-hybridized carbons (Fsp3) is 0.158. The van der Waals surface area contributed by atoms with Crippen molar-refractivity contribution in [2.24, 2.45) is 0 Å². The minimum Gasteiger partial charge on any atom is -0.448 e.